The Morgan fingerprint density at radius 3 is 2.92 bits per heavy atom. The van der Waals surface area contributed by atoms with Crippen LogP contribution in [0.2, 0.25) is 0 Å². The highest BCUT2D eigenvalue weighted by Crippen LogP contribution is 2.37. The molecule has 0 spiro atoms. The Hall–Kier alpha value is -0.370. The second-order valence-electron chi connectivity index (χ2n) is 3.99. The zero-order valence-corrected chi connectivity index (χ0v) is 8.74. The molecule has 1 nitrogen and oxygen atoms in total. The molecule has 0 saturated carbocycles. The van der Waals surface area contributed by atoms with E-state index in [9.17, 15) is 0 Å². The fourth-order valence-corrected chi connectivity index (χ4v) is 3.16. The van der Waals surface area contributed by atoms with Gasteiger partial charge in [0, 0.05) is 4.88 Å². The maximum atomic E-state index is 4.57. The van der Waals surface area contributed by atoms with Crippen molar-refractivity contribution >= 4 is 11.3 Å². The van der Waals surface area contributed by atoms with Gasteiger partial charge in [-0.05, 0) is 31.6 Å². The Kier molecular flexibility index (Phi) is 1.95. The Morgan fingerprint density at radius 1 is 1.42 bits per heavy atom. The summed E-state index contributed by atoms with van der Waals surface area (Å²) in [5.41, 5.74) is 1.38. The highest BCUT2D eigenvalue weighted by atomic mass is 32.1. The van der Waals surface area contributed by atoms with E-state index in [0.29, 0.717) is 0 Å². The molecule has 0 bridgehead atoms. The molecule has 0 amide bonds. The Bertz CT molecular complexity index is 290. The van der Waals surface area contributed by atoms with E-state index in [-0.39, 0.29) is 0 Å². The van der Waals surface area contributed by atoms with Crippen molar-refractivity contribution in [2.75, 3.05) is 0 Å². The molecule has 0 radical (unpaired) electrons. The second-order valence-corrected chi connectivity index (χ2v) is 5.22. The van der Waals surface area contributed by atoms with Gasteiger partial charge >= 0.3 is 0 Å². The van der Waals surface area contributed by atoms with Crippen LogP contribution in [0.3, 0.4) is 0 Å². The Balaban J connectivity index is 2.40. The molecule has 2 unspecified atom stereocenters. The number of thiazole rings is 1. The van der Waals surface area contributed by atoms with Crippen molar-refractivity contribution in [2.45, 2.75) is 39.5 Å². The number of rotatable bonds is 0. The van der Waals surface area contributed by atoms with Gasteiger partial charge in [-0.1, -0.05) is 13.8 Å². The van der Waals surface area contributed by atoms with Gasteiger partial charge in [-0.25, -0.2) is 4.98 Å². The van der Waals surface area contributed by atoms with Gasteiger partial charge in [0.2, 0.25) is 0 Å². The summed E-state index contributed by atoms with van der Waals surface area (Å²) in [4.78, 5) is 6.12. The lowest BCUT2D eigenvalue weighted by Gasteiger charge is -2.22. The van der Waals surface area contributed by atoms with Crippen molar-refractivity contribution in [1.29, 1.82) is 0 Å². The molecule has 1 heterocycles. The van der Waals surface area contributed by atoms with E-state index in [1.807, 2.05) is 11.3 Å². The van der Waals surface area contributed by atoms with Crippen LogP contribution >= 0.6 is 11.3 Å². The van der Waals surface area contributed by atoms with Gasteiger partial charge < -0.3 is 0 Å². The number of fused-ring (bicyclic) bond motifs is 1. The van der Waals surface area contributed by atoms with E-state index >= 15 is 0 Å². The molecular weight excluding hydrogens is 166 g/mol. The third kappa shape index (κ3) is 1.28. The summed E-state index contributed by atoms with van der Waals surface area (Å²) in [6.45, 7) is 6.76. The molecule has 0 fully saturated rings. The quantitative estimate of drug-likeness (QED) is 0.599. The van der Waals surface area contributed by atoms with Crippen molar-refractivity contribution in [3.8, 4) is 0 Å². The molecule has 2 heteroatoms. The average molecular weight is 181 g/mol. The lowest BCUT2D eigenvalue weighted by atomic mass is 9.86. The van der Waals surface area contributed by atoms with Crippen molar-refractivity contribution in [3.63, 3.8) is 0 Å². The third-order valence-electron chi connectivity index (χ3n) is 2.58. The topological polar surface area (TPSA) is 12.9 Å². The molecule has 0 aromatic carbocycles. The molecule has 1 aromatic heterocycles. The molecule has 0 N–H and O–H groups in total. The minimum Gasteiger partial charge on any atom is -0.246 e. The summed E-state index contributed by atoms with van der Waals surface area (Å²) in [6.07, 6.45) is 2.54. The third-order valence-corrected chi connectivity index (χ3v) is 3.82. The van der Waals surface area contributed by atoms with Crippen LogP contribution in [-0.2, 0) is 6.42 Å². The minimum atomic E-state index is 0.745. The first kappa shape index (κ1) is 8.24. The van der Waals surface area contributed by atoms with Crippen LogP contribution in [0.25, 0.3) is 0 Å². The van der Waals surface area contributed by atoms with Crippen molar-refractivity contribution < 1.29 is 0 Å². The molecule has 12 heavy (non-hydrogen) atoms. The van der Waals surface area contributed by atoms with Crippen LogP contribution < -0.4 is 0 Å². The van der Waals surface area contributed by atoms with E-state index in [1.165, 1.54) is 23.5 Å². The van der Waals surface area contributed by atoms with Gasteiger partial charge in [-0.15, -0.1) is 11.3 Å². The summed E-state index contributed by atoms with van der Waals surface area (Å²) in [5, 5.41) is 1.24. The van der Waals surface area contributed by atoms with Crippen LogP contribution in [-0.4, -0.2) is 4.98 Å². The molecule has 2 rings (SSSR count). The minimum absolute atomic E-state index is 0.745. The highest BCUT2D eigenvalue weighted by molar-refractivity contribution is 7.11. The largest absolute Gasteiger partial charge is 0.246 e. The zero-order valence-electron chi connectivity index (χ0n) is 7.92. The van der Waals surface area contributed by atoms with Crippen LogP contribution in [0.1, 0.15) is 41.8 Å². The first-order valence-corrected chi connectivity index (χ1v) is 5.44. The number of hydrogen-bond acceptors (Lipinski definition) is 2. The molecule has 1 aliphatic carbocycles. The predicted octanol–water partition coefficient (Wildman–Crippen LogP) is 3.14. The maximum absolute atomic E-state index is 4.57. The lowest BCUT2D eigenvalue weighted by molar-refractivity contribution is 0.449. The van der Waals surface area contributed by atoms with Crippen LogP contribution in [0.5, 0.6) is 0 Å². The summed E-state index contributed by atoms with van der Waals surface area (Å²) in [6, 6.07) is 0. The standard InChI is InChI=1S/C10H15NS/c1-6-4-7(2)10-9(5-6)11-8(3)12-10/h6-7H,4-5H2,1-3H3. The van der Waals surface area contributed by atoms with E-state index in [2.05, 4.69) is 25.8 Å². The first-order valence-electron chi connectivity index (χ1n) is 4.63. The van der Waals surface area contributed by atoms with E-state index in [1.54, 1.807) is 4.88 Å². The van der Waals surface area contributed by atoms with E-state index in [4.69, 9.17) is 0 Å². The molecular formula is C10H15NS. The van der Waals surface area contributed by atoms with Gasteiger partial charge in [0.05, 0.1) is 10.7 Å². The fourth-order valence-electron chi connectivity index (χ4n) is 2.14. The lowest BCUT2D eigenvalue weighted by Crippen LogP contribution is -2.12. The van der Waals surface area contributed by atoms with Crippen LogP contribution in [0, 0.1) is 12.8 Å². The Morgan fingerprint density at radius 2 is 2.17 bits per heavy atom. The fraction of sp³-hybridized carbons (Fsp3) is 0.700. The predicted molar refractivity (Wildman–Crippen MR) is 52.8 cm³/mol. The summed E-state index contributed by atoms with van der Waals surface area (Å²) < 4.78 is 0. The average Bonchev–Trinajstić information content (AvgIpc) is 2.29. The van der Waals surface area contributed by atoms with Gasteiger partial charge in [0.15, 0.2) is 0 Å². The zero-order chi connectivity index (χ0) is 8.72. The van der Waals surface area contributed by atoms with E-state index < -0.39 is 0 Å². The van der Waals surface area contributed by atoms with Crippen molar-refractivity contribution in [1.82, 2.24) is 4.98 Å². The molecule has 1 aromatic rings. The van der Waals surface area contributed by atoms with Crippen LogP contribution in [0.4, 0.5) is 0 Å². The highest BCUT2D eigenvalue weighted by Gasteiger charge is 2.24. The summed E-state index contributed by atoms with van der Waals surface area (Å²) >= 11 is 1.89. The van der Waals surface area contributed by atoms with Gasteiger partial charge in [0.1, 0.15) is 0 Å². The van der Waals surface area contributed by atoms with Crippen molar-refractivity contribution in [3.05, 3.63) is 15.6 Å². The number of aromatic nitrogens is 1. The van der Waals surface area contributed by atoms with Crippen LogP contribution in [0.15, 0.2) is 0 Å². The molecule has 66 valence electrons. The second kappa shape index (κ2) is 2.84. The number of nitrogens with zero attached hydrogens (tertiary/aromatic N) is 1. The van der Waals surface area contributed by atoms with Gasteiger partial charge in [-0.3, -0.25) is 0 Å². The smallest absolute Gasteiger partial charge is 0.0900 e. The maximum Gasteiger partial charge on any atom is 0.0900 e. The number of aryl methyl sites for hydroxylation is 1. The SMILES string of the molecule is Cc1nc2c(s1)C(C)CC(C)C2. The normalized spacial score (nSPS) is 28.6. The molecule has 1 aliphatic rings. The summed E-state index contributed by atoms with van der Waals surface area (Å²) in [5.74, 6) is 1.57. The van der Waals surface area contributed by atoms with Crippen molar-refractivity contribution in [2.24, 2.45) is 5.92 Å². The van der Waals surface area contributed by atoms with Gasteiger partial charge in [0.25, 0.3) is 0 Å². The van der Waals surface area contributed by atoms with E-state index in [0.717, 1.165) is 11.8 Å². The molecule has 2 atom stereocenters. The first-order chi connectivity index (χ1) is 5.66. The summed E-state index contributed by atoms with van der Waals surface area (Å²) in [7, 11) is 0. The van der Waals surface area contributed by atoms with Gasteiger partial charge in [-0.2, -0.15) is 0 Å². The molecule has 0 saturated heterocycles. The monoisotopic (exact) mass is 181 g/mol. The molecule has 0 aliphatic heterocycles. The Labute approximate surface area is 77.8 Å². The number of hydrogen-bond donors (Lipinski definition) is 0.